The molecule has 1 heterocycles. The van der Waals surface area contributed by atoms with Crippen molar-refractivity contribution in [1.82, 2.24) is 10.2 Å². The summed E-state index contributed by atoms with van der Waals surface area (Å²) >= 11 is 0. The first kappa shape index (κ1) is 18.5. The first-order valence-electron chi connectivity index (χ1n) is 9.97. The van der Waals surface area contributed by atoms with E-state index in [4.69, 9.17) is 10.5 Å². The van der Waals surface area contributed by atoms with Crippen molar-refractivity contribution in [2.75, 3.05) is 26.7 Å². The van der Waals surface area contributed by atoms with Gasteiger partial charge in [-0.05, 0) is 44.9 Å². The van der Waals surface area contributed by atoms with Crippen LogP contribution in [0.5, 0.6) is 0 Å². The summed E-state index contributed by atoms with van der Waals surface area (Å²) in [5.74, 6) is 1.14. The number of nitrogens with one attached hydrogen (secondary N) is 1. The molecule has 25 heavy (non-hydrogen) atoms. The third kappa shape index (κ3) is 3.78. The molecular weight excluding hydrogens is 316 g/mol. The minimum Gasteiger partial charge on any atom is -0.378 e. The Bertz CT molecular complexity index is 502. The molecule has 6 nitrogen and oxygen atoms in total. The smallest absolute Gasteiger partial charge is 0.217 e. The summed E-state index contributed by atoms with van der Waals surface area (Å²) in [5, 5.41) is 3.75. The molecule has 0 radical (unpaired) electrons. The van der Waals surface area contributed by atoms with Gasteiger partial charge in [0, 0.05) is 44.6 Å². The number of ether oxygens (including phenoxy) is 1. The van der Waals surface area contributed by atoms with Gasteiger partial charge in [-0.3, -0.25) is 9.79 Å². The Kier molecular flexibility index (Phi) is 5.87. The minimum atomic E-state index is -0.196. The van der Waals surface area contributed by atoms with Gasteiger partial charge >= 0.3 is 0 Å². The maximum absolute atomic E-state index is 11.3. The zero-order chi connectivity index (χ0) is 17.9. The largest absolute Gasteiger partial charge is 0.378 e. The topological polar surface area (TPSA) is 79.9 Å². The fraction of sp³-hybridized carbons (Fsp3) is 0.895. The van der Waals surface area contributed by atoms with Gasteiger partial charge in [-0.25, -0.2) is 0 Å². The van der Waals surface area contributed by atoms with Gasteiger partial charge in [0.15, 0.2) is 5.96 Å². The summed E-state index contributed by atoms with van der Waals surface area (Å²) in [7, 11) is 1.86. The third-order valence-corrected chi connectivity index (χ3v) is 6.51. The van der Waals surface area contributed by atoms with Gasteiger partial charge in [-0.2, -0.15) is 0 Å². The van der Waals surface area contributed by atoms with Crippen molar-refractivity contribution in [3.8, 4) is 0 Å². The van der Waals surface area contributed by atoms with Crippen LogP contribution in [-0.2, 0) is 9.53 Å². The van der Waals surface area contributed by atoms with E-state index in [0.717, 1.165) is 44.9 Å². The molecule has 3 N–H and O–H groups in total. The lowest BCUT2D eigenvalue weighted by atomic mass is 9.60. The maximum atomic E-state index is 11.3. The third-order valence-electron chi connectivity index (χ3n) is 6.51. The van der Waals surface area contributed by atoms with E-state index in [9.17, 15) is 4.79 Å². The maximum Gasteiger partial charge on any atom is 0.217 e. The van der Waals surface area contributed by atoms with Crippen molar-refractivity contribution >= 4 is 11.9 Å². The Balaban J connectivity index is 1.61. The Hall–Kier alpha value is -1.30. The van der Waals surface area contributed by atoms with E-state index >= 15 is 0 Å². The number of carbonyl (C=O) groups excluding carboxylic acids is 1. The van der Waals surface area contributed by atoms with Crippen LogP contribution in [-0.4, -0.2) is 55.7 Å². The van der Waals surface area contributed by atoms with Crippen molar-refractivity contribution in [2.45, 2.75) is 70.4 Å². The number of aliphatic imine (C=N–C) groups is 1. The number of hydrogen-bond acceptors (Lipinski definition) is 3. The molecule has 1 aliphatic heterocycles. The van der Waals surface area contributed by atoms with Crippen LogP contribution in [0.25, 0.3) is 0 Å². The molecule has 3 rings (SSSR count). The average molecular weight is 351 g/mol. The van der Waals surface area contributed by atoms with Gasteiger partial charge in [0.1, 0.15) is 0 Å². The molecule has 1 spiro atoms. The molecule has 0 bridgehead atoms. The molecule has 6 heteroatoms. The molecular formula is C19H34N4O2. The fourth-order valence-corrected chi connectivity index (χ4v) is 5.25. The van der Waals surface area contributed by atoms with Crippen molar-refractivity contribution in [2.24, 2.45) is 22.1 Å². The summed E-state index contributed by atoms with van der Waals surface area (Å²) in [6.45, 7) is 4.77. The quantitative estimate of drug-likeness (QED) is 0.586. The lowest BCUT2D eigenvalue weighted by molar-refractivity contribution is -0.126. The Morgan fingerprint density at radius 1 is 1.36 bits per heavy atom. The molecule has 2 saturated carbocycles. The summed E-state index contributed by atoms with van der Waals surface area (Å²) in [6.07, 6.45) is 9.27. The van der Waals surface area contributed by atoms with Crippen LogP contribution in [0.2, 0.25) is 0 Å². The molecule has 1 amide bonds. The molecule has 2 aliphatic carbocycles. The van der Waals surface area contributed by atoms with Gasteiger partial charge in [-0.1, -0.05) is 12.8 Å². The number of piperidine rings is 1. The molecule has 3 aliphatic rings. The van der Waals surface area contributed by atoms with E-state index in [0.29, 0.717) is 29.9 Å². The predicted molar refractivity (Wildman–Crippen MR) is 99.3 cm³/mol. The molecule has 0 aromatic carbocycles. The number of amides is 1. The second-order valence-electron chi connectivity index (χ2n) is 7.99. The number of carbonyl (C=O) groups is 1. The first-order valence-corrected chi connectivity index (χ1v) is 9.97. The van der Waals surface area contributed by atoms with Crippen molar-refractivity contribution in [1.29, 1.82) is 0 Å². The number of nitrogens with zero attached hydrogens (tertiary/aromatic N) is 2. The van der Waals surface area contributed by atoms with E-state index in [2.05, 4.69) is 22.1 Å². The van der Waals surface area contributed by atoms with Crippen molar-refractivity contribution in [3.63, 3.8) is 0 Å². The zero-order valence-corrected chi connectivity index (χ0v) is 15.8. The monoisotopic (exact) mass is 350 g/mol. The van der Waals surface area contributed by atoms with Crippen LogP contribution in [0.3, 0.4) is 0 Å². The van der Waals surface area contributed by atoms with Crippen LogP contribution in [0.4, 0.5) is 0 Å². The highest BCUT2D eigenvalue weighted by molar-refractivity contribution is 5.81. The van der Waals surface area contributed by atoms with Gasteiger partial charge in [-0.15, -0.1) is 0 Å². The average Bonchev–Trinajstić information content (AvgIpc) is 3.10. The minimum absolute atomic E-state index is 0.196. The van der Waals surface area contributed by atoms with Gasteiger partial charge in [0.05, 0.1) is 6.10 Å². The number of nitrogens with two attached hydrogens (primary N) is 1. The Morgan fingerprint density at radius 2 is 2.12 bits per heavy atom. The Labute approximate surface area is 151 Å². The molecule has 142 valence electrons. The highest BCUT2D eigenvalue weighted by Crippen LogP contribution is 2.54. The normalized spacial score (nSPS) is 31.8. The molecule has 3 fully saturated rings. The van der Waals surface area contributed by atoms with Crippen LogP contribution < -0.4 is 11.1 Å². The van der Waals surface area contributed by atoms with Gasteiger partial charge in [0.25, 0.3) is 0 Å². The first-order chi connectivity index (χ1) is 12.1. The summed E-state index contributed by atoms with van der Waals surface area (Å²) < 4.78 is 6.02. The van der Waals surface area contributed by atoms with E-state index in [1.165, 1.54) is 25.7 Å². The number of rotatable bonds is 5. The highest BCUT2D eigenvalue weighted by Gasteiger charge is 2.57. The van der Waals surface area contributed by atoms with Crippen molar-refractivity contribution < 1.29 is 9.53 Å². The molecule has 3 atom stereocenters. The molecule has 0 aromatic heterocycles. The predicted octanol–water partition coefficient (Wildman–Crippen LogP) is 1.89. The van der Waals surface area contributed by atoms with Crippen molar-refractivity contribution in [3.05, 3.63) is 0 Å². The SMILES string of the molecule is CCOC1CC(NC(=NC)N2CCCC(CC(N)=O)C2)C12CCCC2. The lowest BCUT2D eigenvalue weighted by Gasteiger charge is -2.55. The highest BCUT2D eigenvalue weighted by atomic mass is 16.5. The lowest BCUT2D eigenvalue weighted by Crippen LogP contribution is -2.65. The molecule has 3 unspecified atom stereocenters. The second-order valence-corrected chi connectivity index (χ2v) is 7.99. The summed E-state index contributed by atoms with van der Waals surface area (Å²) in [5.41, 5.74) is 5.69. The number of hydrogen-bond donors (Lipinski definition) is 2. The summed E-state index contributed by atoms with van der Waals surface area (Å²) in [6, 6.07) is 0.460. The van der Waals surface area contributed by atoms with Crippen LogP contribution >= 0.6 is 0 Å². The van der Waals surface area contributed by atoms with Gasteiger partial charge in [0.2, 0.25) is 5.91 Å². The second kappa shape index (κ2) is 7.94. The molecule has 1 saturated heterocycles. The van der Waals surface area contributed by atoms with Crippen LogP contribution in [0.15, 0.2) is 4.99 Å². The van der Waals surface area contributed by atoms with E-state index in [1.54, 1.807) is 0 Å². The van der Waals surface area contributed by atoms with E-state index < -0.39 is 0 Å². The number of primary amides is 1. The zero-order valence-electron chi connectivity index (χ0n) is 15.8. The van der Waals surface area contributed by atoms with Crippen LogP contribution in [0, 0.1) is 11.3 Å². The Morgan fingerprint density at radius 3 is 2.76 bits per heavy atom. The van der Waals surface area contributed by atoms with E-state index in [-0.39, 0.29) is 5.91 Å². The summed E-state index contributed by atoms with van der Waals surface area (Å²) in [4.78, 5) is 18.1. The van der Waals surface area contributed by atoms with Gasteiger partial charge < -0.3 is 20.7 Å². The van der Waals surface area contributed by atoms with Crippen LogP contribution in [0.1, 0.15) is 58.3 Å². The molecule has 0 aromatic rings. The fourth-order valence-electron chi connectivity index (χ4n) is 5.25. The van der Waals surface area contributed by atoms with E-state index in [1.807, 2.05) is 7.05 Å². The number of guanidine groups is 1. The standard InChI is InChI=1S/C19H34N4O2/c1-3-25-16-12-15(19(16)8-4-5-9-19)22-18(21-2)23-10-6-7-14(13-23)11-17(20)24/h14-16H,3-13H2,1-2H3,(H2,20,24)(H,21,22). The number of likely N-dealkylation sites (tertiary alicyclic amines) is 1.